The summed E-state index contributed by atoms with van der Waals surface area (Å²) in [4.78, 5) is 45.3. The van der Waals surface area contributed by atoms with Crippen molar-refractivity contribution in [3.8, 4) is 0 Å². The van der Waals surface area contributed by atoms with Gasteiger partial charge < -0.3 is 29.4 Å². The van der Waals surface area contributed by atoms with Crippen LogP contribution in [-0.2, 0) is 36.5 Å². The van der Waals surface area contributed by atoms with E-state index < -0.39 is 13.4 Å². The lowest BCUT2D eigenvalue weighted by Crippen LogP contribution is -1.75. The quantitative estimate of drug-likeness (QED) is 0.301. The van der Waals surface area contributed by atoms with E-state index in [9.17, 15) is 0 Å². The Morgan fingerprint density at radius 2 is 0.821 bits per heavy atom. The van der Waals surface area contributed by atoms with E-state index in [4.69, 9.17) is 29.4 Å². The predicted octanol–water partition coefficient (Wildman–Crippen LogP) is 3.21. The molecule has 0 saturated heterocycles. The van der Waals surface area contributed by atoms with Crippen LogP contribution >= 0.6 is 13.4 Å². The number of hydrogen-bond donors (Lipinski definition) is 6. The van der Waals surface area contributed by atoms with E-state index in [2.05, 4.69) is 61.0 Å². The van der Waals surface area contributed by atoms with Crippen LogP contribution in [0.2, 0.25) is 0 Å². The van der Waals surface area contributed by atoms with Gasteiger partial charge in [0.15, 0.2) is 0 Å². The van der Waals surface area contributed by atoms with Crippen LogP contribution in [0.25, 0.3) is 0 Å². The molecule has 6 nitrogen and oxygen atoms in total. The van der Waals surface area contributed by atoms with Gasteiger partial charge in [-0.2, -0.15) is 0 Å². The van der Waals surface area contributed by atoms with Crippen LogP contribution < -0.4 is 0 Å². The van der Waals surface area contributed by atoms with Crippen molar-refractivity contribution in [3.63, 3.8) is 0 Å². The summed E-state index contributed by atoms with van der Waals surface area (Å²) in [7, 11) is 0. The lowest BCUT2D eigenvalue weighted by molar-refractivity contribution is 0.361. The molecular weight excluding hydrogens is 438 g/mol. The van der Waals surface area contributed by atoms with Gasteiger partial charge in [0.25, 0.3) is 0 Å². The zero-order valence-corrected chi connectivity index (χ0v) is 18.6. The molecule has 28 heavy (non-hydrogen) atoms. The lowest BCUT2D eigenvalue weighted by atomic mass is 10.2. The third-order valence-electron chi connectivity index (χ3n) is 2.45. The summed E-state index contributed by atoms with van der Waals surface area (Å²) in [6, 6.07) is 20.6. The molecule has 0 unspecified atom stereocenters. The van der Waals surface area contributed by atoms with Crippen LogP contribution in [0.1, 0.15) is 11.1 Å². The first-order chi connectivity index (χ1) is 12.9. The SMILES string of the molecule is C=CCc1ccccc1.C=CCc1ccccc1.OP(O)(O)=S.OP(O)(O)=S. The highest BCUT2D eigenvalue weighted by molar-refractivity contribution is 8.06. The lowest BCUT2D eigenvalue weighted by Gasteiger charge is -1.91. The molecule has 0 spiro atoms. The Morgan fingerprint density at radius 3 is 1.00 bits per heavy atom. The van der Waals surface area contributed by atoms with Crippen molar-refractivity contribution < 1.29 is 29.4 Å². The minimum Gasteiger partial charge on any atom is -0.325 e. The number of benzene rings is 2. The number of allylic oxidation sites excluding steroid dienone is 2. The van der Waals surface area contributed by atoms with Crippen LogP contribution in [0.15, 0.2) is 86.0 Å². The fourth-order valence-corrected chi connectivity index (χ4v) is 1.56. The molecule has 10 heteroatoms. The van der Waals surface area contributed by atoms with Crippen LogP contribution in [0.4, 0.5) is 0 Å². The maximum Gasteiger partial charge on any atom is 0.319 e. The summed E-state index contributed by atoms with van der Waals surface area (Å²) in [5.74, 6) is 0. The van der Waals surface area contributed by atoms with E-state index in [-0.39, 0.29) is 0 Å². The van der Waals surface area contributed by atoms with Crippen LogP contribution in [-0.4, -0.2) is 29.4 Å². The van der Waals surface area contributed by atoms with Gasteiger partial charge in [0.05, 0.1) is 0 Å². The van der Waals surface area contributed by atoms with Gasteiger partial charge in [-0.25, -0.2) is 0 Å². The van der Waals surface area contributed by atoms with Gasteiger partial charge in [0.2, 0.25) is 0 Å². The topological polar surface area (TPSA) is 121 Å². The smallest absolute Gasteiger partial charge is 0.319 e. The van der Waals surface area contributed by atoms with Crippen molar-refractivity contribution in [2.24, 2.45) is 0 Å². The van der Waals surface area contributed by atoms with E-state index in [0.29, 0.717) is 0 Å². The standard InChI is InChI=1S/2C9H10.2H3O3PS/c2*1-2-6-9-7-4-3-5-8-9;2*1-4(2,3)5/h2*2-5,7-8H,1,6H2;2*(H3,1,2,3,5). The fraction of sp³-hybridized carbons (Fsp3) is 0.111. The fourth-order valence-electron chi connectivity index (χ4n) is 1.56. The average molecular weight is 464 g/mol. The molecule has 2 aromatic carbocycles. The summed E-state index contributed by atoms with van der Waals surface area (Å²) in [6.45, 7) is -0.299. The van der Waals surface area contributed by atoms with Gasteiger partial charge in [-0.15, -0.1) is 13.2 Å². The van der Waals surface area contributed by atoms with E-state index in [0.717, 1.165) is 12.8 Å². The van der Waals surface area contributed by atoms with E-state index in [1.165, 1.54) is 11.1 Å². The molecule has 0 amide bonds. The zero-order chi connectivity index (χ0) is 22.1. The molecule has 0 aromatic heterocycles. The predicted molar refractivity (Wildman–Crippen MR) is 123 cm³/mol. The maximum absolute atomic E-state index is 7.56. The zero-order valence-electron chi connectivity index (χ0n) is 15.2. The molecule has 2 rings (SSSR count). The highest BCUT2D eigenvalue weighted by Crippen LogP contribution is 2.26. The third kappa shape index (κ3) is 32.6. The Bertz CT molecular complexity index is 663. The summed E-state index contributed by atoms with van der Waals surface area (Å²) >= 11 is 7.21. The first kappa shape index (κ1) is 29.2. The van der Waals surface area contributed by atoms with Crippen LogP contribution in [0.3, 0.4) is 0 Å². The molecule has 0 heterocycles. The Hall–Kier alpha value is -1.02. The Morgan fingerprint density at radius 1 is 0.607 bits per heavy atom. The number of rotatable bonds is 4. The van der Waals surface area contributed by atoms with Gasteiger partial charge >= 0.3 is 13.4 Å². The molecule has 2 aromatic rings. The van der Waals surface area contributed by atoms with Crippen molar-refractivity contribution in [1.29, 1.82) is 0 Å². The minimum absolute atomic E-state index is 0.973. The molecule has 0 bridgehead atoms. The highest BCUT2D eigenvalue weighted by atomic mass is 32.5. The van der Waals surface area contributed by atoms with Gasteiger partial charge in [0.1, 0.15) is 0 Å². The minimum atomic E-state index is -3.81. The average Bonchev–Trinajstić information content (AvgIpc) is 2.55. The van der Waals surface area contributed by atoms with E-state index in [1.54, 1.807) is 0 Å². The second-order valence-electron chi connectivity index (χ2n) is 4.98. The summed E-state index contributed by atoms with van der Waals surface area (Å²) in [6.07, 6.45) is 5.77. The van der Waals surface area contributed by atoms with Crippen molar-refractivity contribution in [3.05, 3.63) is 97.1 Å². The normalized spacial score (nSPS) is 9.93. The van der Waals surface area contributed by atoms with Gasteiger partial charge in [-0.1, -0.05) is 72.8 Å². The van der Waals surface area contributed by atoms with Crippen LogP contribution in [0, 0.1) is 0 Å². The molecular formula is C18H26O6P2S2. The van der Waals surface area contributed by atoms with E-state index >= 15 is 0 Å². The van der Waals surface area contributed by atoms with Gasteiger partial charge in [-0.05, 0) is 47.6 Å². The first-order valence-corrected chi connectivity index (χ1v) is 13.0. The van der Waals surface area contributed by atoms with E-state index in [1.807, 2.05) is 48.6 Å². The second kappa shape index (κ2) is 16.9. The second-order valence-corrected chi connectivity index (χ2v) is 9.98. The molecule has 0 aliphatic rings. The Kier molecular flexibility index (Phi) is 17.6. The Labute approximate surface area is 176 Å². The van der Waals surface area contributed by atoms with Crippen molar-refractivity contribution in [2.75, 3.05) is 0 Å². The summed E-state index contributed by atoms with van der Waals surface area (Å²) in [5.41, 5.74) is 2.65. The molecule has 0 saturated carbocycles. The molecule has 6 N–H and O–H groups in total. The first-order valence-electron chi connectivity index (χ1n) is 7.73. The van der Waals surface area contributed by atoms with Gasteiger partial charge in [-0.3, -0.25) is 0 Å². The monoisotopic (exact) mass is 464 g/mol. The molecule has 0 atom stereocenters. The van der Waals surface area contributed by atoms with Crippen molar-refractivity contribution >= 4 is 37.1 Å². The van der Waals surface area contributed by atoms with Gasteiger partial charge in [0, 0.05) is 0 Å². The highest BCUT2D eigenvalue weighted by Gasteiger charge is 1.92. The molecule has 0 fully saturated rings. The molecule has 156 valence electrons. The molecule has 0 aliphatic heterocycles. The summed E-state index contributed by atoms with van der Waals surface area (Å²) < 4.78 is 0. The third-order valence-corrected chi connectivity index (χ3v) is 2.45. The Balaban J connectivity index is 0. The molecule has 0 radical (unpaired) electrons. The number of hydrogen-bond acceptors (Lipinski definition) is 2. The molecule has 0 aliphatic carbocycles. The van der Waals surface area contributed by atoms with Crippen molar-refractivity contribution in [1.82, 2.24) is 0 Å². The maximum atomic E-state index is 7.56. The largest absolute Gasteiger partial charge is 0.325 e. The van der Waals surface area contributed by atoms with Crippen LogP contribution in [0.5, 0.6) is 0 Å². The summed E-state index contributed by atoms with van der Waals surface area (Å²) in [5, 5.41) is 0. The van der Waals surface area contributed by atoms with Crippen molar-refractivity contribution in [2.45, 2.75) is 12.8 Å².